The zero-order chi connectivity index (χ0) is 16.2. The monoisotopic (exact) mass is 312 g/mol. The normalized spacial score (nSPS) is 45.8. The Kier molecular flexibility index (Phi) is 3.44. The van der Waals surface area contributed by atoms with Crippen molar-refractivity contribution in [2.24, 2.45) is 28.6 Å². The Morgan fingerprint density at radius 1 is 1.13 bits per heavy atom. The van der Waals surface area contributed by atoms with Crippen LogP contribution in [0.1, 0.15) is 64.7 Å². The number of rotatable bonds is 2. The van der Waals surface area contributed by atoms with E-state index in [4.69, 9.17) is 0 Å². The van der Waals surface area contributed by atoms with Gasteiger partial charge in [0.15, 0.2) is 5.78 Å². The molecule has 0 saturated heterocycles. The average molecular weight is 312 g/mol. The Morgan fingerprint density at radius 2 is 1.96 bits per heavy atom. The van der Waals surface area contributed by atoms with Gasteiger partial charge in [-0.15, -0.1) is 6.58 Å². The molecule has 0 heterocycles. The SMILES string of the molecule is C=CC[C@]12CCC(=O)C=C1CC[C@@H]1[C@@H]2CC[C@]2(C)C(=O)CC[C@@H]12. The van der Waals surface area contributed by atoms with Crippen molar-refractivity contribution in [3.05, 3.63) is 24.3 Å². The summed E-state index contributed by atoms with van der Waals surface area (Å²) in [4.78, 5) is 24.4. The molecule has 0 unspecified atom stereocenters. The second-order valence-electron chi connectivity index (χ2n) is 8.62. The second kappa shape index (κ2) is 5.16. The van der Waals surface area contributed by atoms with Crippen LogP contribution in [0.25, 0.3) is 0 Å². The minimum Gasteiger partial charge on any atom is -0.299 e. The maximum absolute atomic E-state index is 12.5. The topological polar surface area (TPSA) is 34.1 Å². The molecule has 4 aliphatic carbocycles. The summed E-state index contributed by atoms with van der Waals surface area (Å²) in [6.45, 7) is 6.26. The predicted octanol–water partition coefficient (Wildman–Crippen LogP) is 4.64. The van der Waals surface area contributed by atoms with Crippen molar-refractivity contribution < 1.29 is 9.59 Å². The van der Waals surface area contributed by atoms with Gasteiger partial charge in [0.2, 0.25) is 0 Å². The van der Waals surface area contributed by atoms with E-state index in [1.165, 1.54) is 12.0 Å². The van der Waals surface area contributed by atoms with E-state index in [-0.39, 0.29) is 10.8 Å². The fraction of sp³-hybridized carbons (Fsp3) is 0.714. The third kappa shape index (κ3) is 1.99. The third-order valence-corrected chi connectivity index (χ3v) is 7.90. The number of fused-ring (bicyclic) bond motifs is 5. The first kappa shape index (κ1) is 15.4. The Hall–Kier alpha value is -1.18. The van der Waals surface area contributed by atoms with Crippen molar-refractivity contribution in [3.63, 3.8) is 0 Å². The van der Waals surface area contributed by atoms with E-state index in [1.54, 1.807) is 0 Å². The van der Waals surface area contributed by atoms with Crippen molar-refractivity contribution in [1.29, 1.82) is 0 Å². The molecule has 0 N–H and O–H groups in total. The van der Waals surface area contributed by atoms with Gasteiger partial charge in [0.05, 0.1) is 0 Å². The number of ketones is 2. The number of carbonyl (C=O) groups excluding carboxylic acids is 2. The second-order valence-corrected chi connectivity index (χ2v) is 8.62. The molecule has 2 heteroatoms. The lowest BCUT2D eigenvalue weighted by molar-refractivity contribution is -0.132. The van der Waals surface area contributed by atoms with E-state index < -0.39 is 0 Å². The third-order valence-electron chi connectivity index (χ3n) is 7.90. The van der Waals surface area contributed by atoms with Crippen molar-refractivity contribution >= 4 is 11.6 Å². The summed E-state index contributed by atoms with van der Waals surface area (Å²) in [5.41, 5.74) is 1.52. The molecule has 2 nitrogen and oxygen atoms in total. The number of Topliss-reactive ketones (excluding diaryl/α,β-unsaturated/α-hetero) is 1. The summed E-state index contributed by atoms with van der Waals surface area (Å²) in [7, 11) is 0. The first-order valence-electron chi connectivity index (χ1n) is 9.39. The quantitative estimate of drug-likeness (QED) is 0.696. The lowest BCUT2D eigenvalue weighted by Gasteiger charge is -2.58. The van der Waals surface area contributed by atoms with Crippen LogP contribution < -0.4 is 0 Å². The minimum atomic E-state index is -0.0533. The molecule has 5 atom stereocenters. The van der Waals surface area contributed by atoms with Crippen molar-refractivity contribution in [1.82, 2.24) is 0 Å². The number of hydrogen-bond donors (Lipinski definition) is 0. The van der Waals surface area contributed by atoms with Crippen molar-refractivity contribution in [2.75, 3.05) is 0 Å². The summed E-state index contributed by atoms with van der Waals surface area (Å²) in [5.74, 6) is 2.73. The van der Waals surface area contributed by atoms with Crippen LogP contribution in [0.15, 0.2) is 24.3 Å². The molecule has 0 radical (unpaired) electrons. The number of carbonyl (C=O) groups is 2. The minimum absolute atomic E-state index is 0.0533. The first-order chi connectivity index (χ1) is 11.0. The smallest absolute Gasteiger partial charge is 0.155 e. The molecule has 23 heavy (non-hydrogen) atoms. The van der Waals surface area contributed by atoms with E-state index in [9.17, 15) is 9.59 Å². The number of allylic oxidation sites excluding steroid dienone is 2. The maximum Gasteiger partial charge on any atom is 0.155 e. The van der Waals surface area contributed by atoms with Crippen LogP contribution in [0, 0.1) is 28.6 Å². The molecule has 124 valence electrons. The molecule has 3 saturated carbocycles. The van der Waals surface area contributed by atoms with E-state index >= 15 is 0 Å². The van der Waals surface area contributed by atoms with Gasteiger partial charge in [0.1, 0.15) is 5.78 Å². The molecule has 0 aromatic rings. The fourth-order valence-electron chi connectivity index (χ4n) is 6.77. The largest absolute Gasteiger partial charge is 0.299 e. The molecule has 0 amide bonds. The van der Waals surface area contributed by atoms with E-state index in [0.717, 1.165) is 44.9 Å². The summed E-state index contributed by atoms with van der Waals surface area (Å²) in [6, 6.07) is 0. The summed E-state index contributed by atoms with van der Waals surface area (Å²) in [5, 5.41) is 0. The molecule has 0 aromatic carbocycles. The van der Waals surface area contributed by atoms with E-state index in [0.29, 0.717) is 35.7 Å². The highest BCUT2D eigenvalue weighted by Crippen LogP contribution is 2.65. The van der Waals surface area contributed by atoms with Crippen LogP contribution >= 0.6 is 0 Å². The lowest BCUT2D eigenvalue weighted by Crippen LogP contribution is -2.51. The Morgan fingerprint density at radius 3 is 2.74 bits per heavy atom. The van der Waals surface area contributed by atoms with Gasteiger partial charge in [-0.25, -0.2) is 0 Å². The average Bonchev–Trinajstić information content (AvgIpc) is 2.84. The zero-order valence-electron chi connectivity index (χ0n) is 14.3. The van der Waals surface area contributed by atoms with Crippen molar-refractivity contribution in [2.45, 2.75) is 64.7 Å². The zero-order valence-corrected chi connectivity index (χ0v) is 14.3. The molecule has 4 aliphatic rings. The molecular weight excluding hydrogens is 284 g/mol. The Balaban J connectivity index is 1.74. The molecule has 0 spiro atoms. The van der Waals surface area contributed by atoms with Gasteiger partial charge in [-0.05, 0) is 74.2 Å². The van der Waals surface area contributed by atoms with Gasteiger partial charge in [0.25, 0.3) is 0 Å². The van der Waals surface area contributed by atoms with Crippen LogP contribution in [-0.2, 0) is 9.59 Å². The standard InChI is InChI=1S/C21H28O2/c1-3-10-21-12-8-15(22)13-14(21)4-5-16-17-6-7-19(23)20(17,2)11-9-18(16)21/h3,13,16-18H,1,4-12H2,2H3/t16-,17-,18-,20-,21-/m0/s1. The fourth-order valence-corrected chi connectivity index (χ4v) is 6.77. The number of hydrogen-bond acceptors (Lipinski definition) is 2. The van der Waals surface area contributed by atoms with Gasteiger partial charge in [-0.2, -0.15) is 0 Å². The van der Waals surface area contributed by atoms with E-state index in [1.807, 2.05) is 6.08 Å². The van der Waals surface area contributed by atoms with Crippen LogP contribution in [0.4, 0.5) is 0 Å². The molecule has 0 bridgehead atoms. The van der Waals surface area contributed by atoms with Crippen LogP contribution in [-0.4, -0.2) is 11.6 Å². The lowest BCUT2D eigenvalue weighted by atomic mass is 9.46. The van der Waals surface area contributed by atoms with Crippen LogP contribution in [0.3, 0.4) is 0 Å². The maximum atomic E-state index is 12.5. The van der Waals surface area contributed by atoms with E-state index in [2.05, 4.69) is 19.6 Å². The molecule has 0 aliphatic heterocycles. The molecule has 0 aromatic heterocycles. The summed E-state index contributed by atoms with van der Waals surface area (Å²) >= 11 is 0. The van der Waals surface area contributed by atoms with Gasteiger partial charge in [0, 0.05) is 18.3 Å². The Bertz CT molecular complexity index is 601. The van der Waals surface area contributed by atoms with Crippen LogP contribution in [0.2, 0.25) is 0 Å². The highest BCUT2D eigenvalue weighted by atomic mass is 16.1. The first-order valence-corrected chi connectivity index (χ1v) is 9.39. The highest BCUT2D eigenvalue weighted by molar-refractivity contribution is 5.91. The Labute approximate surface area is 139 Å². The van der Waals surface area contributed by atoms with Gasteiger partial charge in [-0.1, -0.05) is 18.6 Å². The highest BCUT2D eigenvalue weighted by Gasteiger charge is 2.59. The molecule has 3 fully saturated rings. The van der Waals surface area contributed by atoms with Gasteiger partial charge >= 0.3 is 0 Å². The van der Waals surface area contributed by atoms with Crippen molar-refractivity contribution in [3.8, 4) is 0 Å². The molecule has 4 rings (SSSR count). The summed E-state index contributed by atoms with van der Waals surface area (Å²) < 4.78 is 0. The van der Waals surface area contributed by atoms with Gasteiger partial charge in [-0.3, -0.25) is 9.59 Å². The molecular formula is C21H28O2. The van der Waals surface area contributed by atoms with Crippen LogP contribution in [0.5, 0.6) is 0 Å². The summed E-state index contributed by atoms with van der Waals surface area (Å²) in [6.07, 6.45) is 13.1. The predicted molar refractivity (Wildman–Crippen MR) is 90.9 cm³/mol. The van der Waals surface area contributed by atoms with Gasteiger partial charge < -0.3 is 0 Å².